The van der Waals surface area contributed by atoms with Gasteiger partial charge in [-0.05, 0) is 25.0 Å². The van der Waals surface area contributed by atoms with Crippen molar-refractivity contribution in [2.24, 2.45) is 0 Å². The Balaban J connectivity index is 3.21. The monoisotopic (exact) mass is 275 g/mol. The van der Waals surface area contributed by atoms with E-state index in [4.69, 9.17) is 0 Å². The molecule has 0 unspecified atom stereocenters. The van der Waals surface area contributed by atoms with Gasteiger partial charge in [-0.15, -0.1) is 0 Å². The number of hydrogen-bond acceptors (Lipinski definition) is 1. The van der Waals surface area contributed by atoms with Crippen LogP contribution in [0.4, 0.5) is 0 Å². The first kappa shape index (κ1) is 9.51. The van der Waals surface area contributed by atoms with Gasteiger partial charge in [-0.2, -0.15) is 0 Å². The first-order valence-electron chi connectivity index (χ1n) is 3.64. The molecule has 0 radical (unpaired) electrons. The lowest BCUT2D eigenvalue weighted by Crippen LogP contribution is -2.14. The number of halogens is 1. The molecule has 0 fully saturated rings. The summed E-state index contributed by atoms with van der Waals surface area (Å²) in [6, 6.07) is 5.83. The normalized spacial score (nSPS) is 9.58. The lowest BCUT2D eigenvalue weighted by molar-refractivity contribution is 0.0988. The quantitative estimate of drug-likeness (QED) is 0.618. The molecule has 0 saturated carbocycles. The van der Waals surface area contributed by atoms with Gasteiger partial charge in [0.25, 0.3) is 5.91 Å². The van der Waals surface area contributed by atoms with Crippen molar-refractivity contribution in [1.29, 1.82) is 0 Å². The number of nitrogens with one attached hydrogen (secondary N) is 1. The van der Waals surface area contributed by atoms with Crippen LogP contribution in [0.2, 0.25) is 0 Å². The molecule has 0 saturated heterocycles. The third kappa shape index (κ3) is 1.77. The van der Waals surface area contributed by atoms with E-state index < -0.39 is 0 Å². The Hall–Kier alpha value is -0.580. The van der Waals surface area contributed by atoms with E-state index in [0.29, 0.717) is 0 Å². The molecule has 1 amide bonds. The molecule has 1 aromatic rings. The number of aryl methyl sites for hydroxylation is 2. The largest absolute Gasteiger partial charge is 0.295 e. The van der Waals surface area contributed by atoms with E-state index in [2.05, 4.69) is 3.53 Å². The van der Waals surface area contributed by atoms with Crippen molar-refractivity contribution >= 4 is 28.8 Å². The number of amides is 1. The van der Waals surface area contributed by atoms with E-state index in [-0.39, 0.29) is 5.91 Å². The molecule has 0 heterocycles. The lowest BCUT2D eigenvalue weighted by Gasteiger charge is -2.05. The predicted molar refractivity (Wildman–Crippen MR) is 57.4 cm³/mol. The Kier molecular flexibility index (Phi) is 3.08. The predicted octanol–water partition coefficient (Wildman–Crippen LogP) is 2.38. The highest BCUT2D eigenvalue weighted by molar-refractivity contribution is 14.1. The summed E-state index contributed by atoms with van der Waals surface area (Å²) >= 11 is 1.85. The Bertz CT molecular complexity index is 289. The van der Waals surface area contributed by atoms with Gasteiger partial charge in [0.15, 0.2) is 0 Å². The smallest absolute Gasteiger partial charge is 0.260 e. The highest BCUT2D eigenvalue weighted by Gasteiger charge is 2.09. The summed E-state index contributed by atoms with van der Waals surface area (Å²) in [6.07, 6.45) is 0. The summed E-state index contributed by atoms with van der Waals surface area (Å²) < 4.78 is 2.59. The van der Waals surface area contributed by atoms with Crippen LogP contribution in [0.1, 0.15) is 21.5 Å². The zero-order chi connectivity index (χ0) is 9.14. The minimum Gasteiger partial charge on any atom is -0.295 e. The molecule has 0 aliphatic carbocycles. The number of rotatable bonds is 1. The van der Waals surface area contributed by atoms with Gasteiger partial charge in [0.2, 0.25) is 0 Å². The van der Waals surface area contributed by atoms with Gasteiger partial charge in [0, 0.05) is 5.56 Å². The second kappa shape index (κ2) is 3.89. The average Bonchev–Trinajstić information content (AvgIpc) is 2.03. The molecule has 1 rings (SSSR count). The van der Waals surface area contributed by atoms with Crippen molar-refractivity contribution in [3.8, 4) is 0 Å². The molecule has 0 atom stereocenters. The van der Waals surface area contributed by atoms with Crippen molar-refractivity contribution in [2.45, 2.75) is 13.8 Å². The van der Waals surface area contributed by atoms with E-state index in [1.165, 1.54) is 0 Å². The summed E-state index contributed by atoms with van der Waals surface area (Å²) in [6.45, 7) is 3.88. The fraction of sp³-hybridized carbons (Fsp3) is 0.222. The maximum Gasteiger partial charge on any atom is 0.260 e. The van der Waals surface area contributed by atoms with Gasteiger partial charge in [-0.1, -0.05) is 18.2 Å². The van der Waals surface area contributed by atoms with Gasteiger partial charge in [0.05, 0.1) is 22.9 Å². The lowest BCUT2D eigenvalue weighted by atomic mass is 10.0. The van der Waals surface area contributed by atoms with Crippen LogP contribution in [-0.2, 0) is 0 Å². The topological polar surface area (TPSA) is 29.1 Å². The standard InChI is InChI=1S/C9H10INO/c1-6-4-3-5-7(2)8(6)9(12)11-10/h3-5H,1-2H3,(H,11,12). The molecule has 2 nitrogen and oxygen atoms in total. The van der Waals surface area contributed by atoms with Gasteiger partial charge in [0.1, 0.15) is 0 Å². The summed E-state index contributed by atoms with van der Waals surface area (Å²) in [5.74, 6) is -0.0220. The van der Waals surface area contributed by atoms with Crippen LogP contribution < -0.4 is 3.53 Å². The molecule has 1 aromatic carbocycles. The van der Waals surface area contributed by atoms with Crippen LogP contribution in [0.3, 0.4) is 0 Å². The fourth-order valence-electron chi connectivity index (χ4n) is 1.22. The van der Waals surface area contributed by atoms with Crippen LogP contribution >= 0.6 is 22.9 Å². The highest BCUT2D eigenvalue weighted by Crippen LogP contribution is 2.12. The summed E-state index contributed by atoms with van der Waals surface area (Å²) in [5, 5.41) is 0. The third-order valence-corrected chi connectivity index (χ3v) is 2.28. The van der Waals surface area contributed by atoms with Crippen LogP contribution in [0.25, 0.3) is 0 Å². The summed E-state index contributed by atoms with van der Waals surface area (Å²) in [7, 11) is 0. The Morgan fingerprint density at radius 1 is 1.33 bits per heavy atom. The molecule has 64 valence electrons. The molecule has 0 spiro atoms. The molecular formula is C9H10INO. The Morgan fingerprint density at radius 3 is 2.25 bits per heavy atom. The van der Waals surface area contributed by atoms with Crippen LogP contribution in [0, 0.1) is 13.8 Å². The molecule has 0 aliphatic rings. The Labute approximate surface area is 85.9 Å². The minimum absolute atomic E-state index is 0.0220. The highest BCUT2D eigenvalue weighted by atomic mass is 127. The van der Waals surface area contributed by atoms with Crippen molar-refractivity contribution < 1.29 is 4.79 Å². The van der Waals surface area contributed by atoms with Crippen molar-refractivity contribution in [1.82, 2.24) is 3.53 Å². The minimum atomic E-state index is -0.0220. The van der Waals surface area contributed by atoms with E-state index in [1.54, 1.807) is 0 Å². The van der Waals surface area contributed by atoms with Gasteiger partial charge in [-0.25, -0.2) is 0 Å². The van der Waals surface area contributed by atoms with Gasteiger partial charge in [-0.3, -0.25) is 8.32 Å². The third-order valence-electron chi connectivity index (χ3n) is 1.79. The number of carbonyl (C=O) groups is 1. The average molecular weight is 275 g/mol. The molecule has 3 heteroatoms. The van der Waals surface area contributed by atoms with E-state index >= 15 is 0 Å². The van der Waals surface area contributed by atoms with Crippen LogP contribution in [0.15, 0.2) is 18.2 Å². The molecule has 0 bridgehead atoms. The zero-order valence-electron chi connectivity index (χ0n) is 7.02. The molecule has 1 N–H and O–H groups in total. The maximum absolute atomic E-state index is 11.3. The van der Waals surface area contributed by atoms with Crippen LogP contribution in [-0.4, -0.2) is 5.91 Å². The number of benzene rings is 1. The fourth-order valence-corrected chi connectivity index (χ4v) is 1.49. The second-order valence-electron chi connectivity index (χ2n) is 2.69. The summed E-state index contributed by atoms with van der Waals surface area (Å²) in [4.78, 5) is 11.3. The van der Waals surface area contributed by atoms with Crippen molar-refractivity contribution in [3.05, 3.63) is 34.9 Å². The van der Waals surface area contributed by atoms with Gasteiger partial charge >= 0.3 is 0 Å². The summed E-state index contributed by atoms with van der Waals surface area (Å²) in [5.41, 5.74) is 2.82. The Morgan fingerprint density at radius 2 is 1.83 bits per heavy atom. The molecule has 0 aliphatic heterocycles. The molecule has 12 heavy (non-hydrogen) atoms. The zero-order valence-corrected chi connectivity index (χ0v) is 9.18. The number of carbonyl (C=O) groups excluding carboxylic acids is 1. The van der Waals surface area contributed by atoms with E-state index in [0.717, 1.165) is 16.7 Å². The molecular weight excluding hydrogens is 265 g/mol. The van der Waals surface area contributed by atoms with Crippen LogP contribution in [0.5, 0.6) is 0 Å². The van der Waals surface area contributed by atoms with Crippen molar-refractivity contribution in [3.63, 3.8) is 0 Å². The van der Waals surface area contributed by atoms with E-state index in [9.17, 15) is 4.79 Å². The number of hydrogen-bond donors (Lipinski definition) is 1. The van der Waals surface area contributed by atoms with E-state index in [1.807, 2.05) is 54.9 Å². The maximum atomic E-state index is 11.3. The first-order chi connectivity index (χ1) is 5.66. The second-order valence-corrected chi connectivity index (χ2v) is 3.23. The van der Waals surface area contributed by atoms with Gasteiger partial charge < -0.3 is 0 Å². The van der Waals surface area contributed by atoms with Crippen molar-refractivity contribution in [2.75, 3.05) is 0 Å². The molecule has 0 aromatic heterocycles. The SMILES string of the molecule is Cc1cccc(C)c1C(=O)NI. The first-order valence-corrected chi connectivity index (χ1v) is 4.72.